The first-order valence-corrected chi connectivity index (χ1v) is 4.52. The molecule has 0 saturated carbocycles. The third kappa shape index (κ3) is 2.64. The molecule has 0 aliphatic heterocycles. The van der Waals surface area contributed by atoms with Crippen LogP contribution in [0.2, 0.25) is 0 Å². The Morgan fingerprint density at radius 2 is 2.21 bits per heavy atom. The highest BCUT2D eigenvalue weighted by atomic mass is 19.1. The monoisotopic (exact) mass is 196 g/mol. The second kappa shape index (κ2) is 4.86. The van der Waals surface area contributed by atoms with Gasteiger partial charge in [0, 0.05) is 12.2 Å². The van der Waals surface area contributed by atoms with Crippen molar-refractivity contribution in [1.29, 1.82) is 0 Å². The predicted molar refractivity (Wildman–Crippen MR) is 52.0 cm³/mol. The van der Waals surface area contributed by atoms with Crippen LogP contribution in [0.5, 0.6) is 0 Å². The van der Waals surface area contributed by atoms with Crippen LogP contribution in [0.25, 0.3) is 0 Å². The normalized spacial score (nSPS) is 10.2. The third-order valence-corrected chi connectivity index (χ3v) is 1.93. The number of ketones is 1. The second-order valence-electron chi connectivity index (χ2n) is 3.02. The van der Waals surface area contributed by atoms with Gasteiger partial charge in [-0.25, -0.2) is 4.39 Å². The van der Waals surface area contributed by atoms with Crippen molar-refractivity contribution in [3.63, 3.8) is 0 Å². The smallest absolute Gasteiger partial charge is 0.188 e. The summed E-state index contributed by atoms with van der Waals surface area (Å²) < 4.78 is 18.0. The molecule has 76 valence electrons. The van der Waals surface area contributed by atoms with E-state index in [1.807, 2.05) is 6.92 Å². The minimum Gasteiger partial charge on any atom is -0.374 e. The molecular formula is C11H13FO2. The number of carbonyl (C=O) groups excluding carboxylic acids is 1. The highest BCUT2D eigenvalue weighted by Gasteiger charge is 2.07. The van der Waals surface area contributed by atoms with Gasteiger partial charge in [-0.1, -0.05) is 12.1 Å². The van der Waals surface area contributed by atoms with E-state index in [1.165, 1.54) is 6.07 Å². The third-order valence-electron chi connectivity index (χ3n) is 1.93. The van der Waals surface area contributed by atoms with Crippen LogP contribution in [0.1, 0.15) is 22.8 Å². The van der Waals surface area contributed by atoms with E-state index in [9.17, 15) is 9.18 Å². The van der Waals surface area contributed by atoms with Crippen LogP contribution in [0.15, 0.2) is 18.2 Å². The van der Waals surface area contributed by atoms with E-state index in [1.54, 1.807) is 19.1 Å². The summed E-state index contributed by atoms with van der Waals surface area (Å²) in [5, 5.41) is 0. The van der Waals surface area contributed by atoms with E-state index >= 15 is 0 Å². The molecule has 0 radical (unpaired) electrons. The molecule has 1 aromatic rings. The van der Waals surface area contributed by atoms with Gasteiger partial charge in [0.15, 0.2) is 5.78 Å². The molecule has 0 bridgehead atoms. The SMILES string of the molecule is CCOCC(=O)c1ccc(C)c(F)c1. The number of hydrogen-bond donors (Lipinski definition) is 0. The van der Waals surface area contributed by atoms with Gasteiger partial charge in [-0.15, -0.1) is 0 Å². The van der Waals surface area contributed by atoms with Crippen LogP contribution in [-0.4, -0.2) is 19.0 Å². The molecule has 0 heterocycles. The zero-order valence-corrected chi connectivity index (χ0v) is 8.34. The van der Waals surface area contributed by atoms with Gasteiger partial charge < -0.3 is 4.74 Å². The number of aryl methyl sites for hydroxylation is 1. The Labute approximate surface area is 82.7 Å². The van der Waals surface area contributed by atoms with Gasteiger partial charge in [0.05, 0.1) is 0 Å². The van der Waals surface area contributed by atoms with E-state index in [0.29, 0.717) is 17.7 Å². The lowest BCUT2D eigenvalue weighted by Crippen LogP contribution is -2.09. The van der Waals surface area contributed by atoms with Crippen LogP contribution < -0.4 is 0 Å². The number of hydrogen-bond acceptors (Lipinski definition) is 2. The van der Waals surface area contributed by atoms with Gasteiger partial charge in [0.25, 0.3) is 0 Å². The topological polar surface area (TPSA) is 26.3 Å². The average Bonchev–Trinajstić information content (AvgIpc) is 2.18. The maximum absolute atomic E-state index is 13.1. The van der Waals surface area contributed by atoms with Crippen molar-refractivity contribution in [1.82, 2.24) is 0 Å². The van der Waals surface area contributed by atoms with Crippen molar-refractivity contribution in [2.75, 3.05) is 13.2 Å². The van der Waals surface area contributed by atoms with Crippen molar-refractivity contribution in [3.05, 3.63) is 35.1 Å². The van der Waals surface area contributed by atoms with E-state index in [4.69, 9.17) is 4.74 Å². The van der Waals surface area contributed by atoms with Crippen LogP contribution in [0.4, 0.5) is 4.39 Å². The minimum atomic E-state index is -0.354. The molecule has 1 rings (SSSR count). The van der Waals surface area contributed by atoms with E-state index in [2.05, 4.69) is 0 Å². The molecule has 0 aromatic heterocycles. The molecule has 0 unspecified atom stereocenters. The Balaban J connectivity index is 2.76. The summed E-state index contributed by atoms with van der Waals surface area (Å²) in [7, 11) is 0. The van der Waals surface area contributed by atoms with Crippen LogP contribution in [0, 0.1) is 12.7 Å². The van der Waals surface area contributed by atoms with Crippen molar-refractivity contribution >= 4 is 5.78 Å². The summed E-state index contributed by atoms with van der Waals surface area (Å²) in [6, 6.07) is 4.45. The molecular weight excluding hydrogens is 183 g/mol. The standard InChI is InChI=1S/C11H13FO2/c1-3-14-7-11(13)9-5-4-8(2)10(12)6-9/h4-6H,3,7H2,1-2H3. The van der Waals surface area contributed by atoms with Crippen LogP contribution >= 0.6 is 0 Å². The Morgan fingerprint density at radius 1 is 1.50 bits per heavy atom. The Bertz CT molecular complexity index is 334. The fraction of sp³-hybridized carbons (Fsp3) is 0.364. The minimum absolute atomic E-state index is 0.0129. The molecule has 0 fully saturated rings. The molecule has 0 amide bonds. The van der Waals surface area contributed by atoms with E-state index in [-0.39, 0.29) is 18.2 Å². The first-order valence-electron chi connectivity index (χ1n) is 4.52. The number of halogens is 1. The van der Waals surface area contributed by atoms with Gasteiger partial charge in [-0.05, 0) is 25.5 Å². The molecule has 3 heteroatoms. The van der Waals surface area contributed by atoms with Gasteiger partial charge in [0.2, 0.25) is 0 Å². The Hall–Kier alpha value is -1.22. The summed E-state index contributed by atoms with van der Waals surface area (Å²) >= 11 is 0. The maximum Gasteiger partial charge on any atom is 0.188 e. The first kappa shape index (κ1) is 10.9. The molecule has 1 aromatic carbocycles. The summed E-state index contributed by atoms with van der Waals surface area (Å²) in [6.45, 7) is 3.97. The van der Waals surface area contributed by atoms with Crippen molar-refractivity contribution < 1.29 is 13.9 Å². The largest absolute Gasteiger partial charge is 0.374 e. The quantitative estimate of drug-likeness (QED) is 0.691. The van der Waals surface area contributed by atoms with Gasteiger partial charge >= 0.3 is 0 Å². The Kier molecular flexibility index (Phi) is 3.77. The molecule has 0 aliphatic carbocycles. The summed E-state index contributed by atoms with van der Waals surface area (Å²) in [5.41, 5.74) is 0.902. The average molecular weight is 196 g/mol. The van der Waals surface area contributed by atoms with Crippen molar-refractivity contribution in [3.8, 4) is 0 Å². The number of ether oxygens (including phenoxy) is 1. The predicted octanol–water partition coefficient (Wildman–Crippen LogP) is 2.35. The number of carbonyl (C=O) groups is 1. The van der Waals surface area contributed by atoms with Crippen LogP contribution in [0.3, 0.4) is 0 Å². The first-order chi connectivity index (χ1) is 6.65. The molecule has 0 N–H and O–H groups in total. The molecule has 0 spiro atoms. The fourth-order valence-corrected chi connectivity index (χ4v) is 1.04. The summed E-state index contributed by atoms with van der Waals surface area (Å²) in [5.74, 6) is -0.543. The summed E-state index contributed by atoms with van der Waals surface area (Å²) in [4.78, 5) is 11.4. The zero-order valence-electron chi connectivity index (χ0n) is 8.34. The number of Topliss-reactive ketones (excluding diaryl/α,β-unsaturated/α-hetero) is 1. The molecule has 2 nitrogen and oxygen atoms in total. The molecule has 0 saturated heterocycles. The highest BCUT2D eigenvalue weighted by Crippen LogP contribution is 2.09. The Morgan fingerprint density at radius 3 is 2.79 bits per heavy atom. The van der Waals surface area contributed by atoms with Crippen LogP contribution in [-0.2, 0) is 4.74 Å². The highest BCUT2D eigenvalue weighted by molar-refractivity contribution is 5.97. The van der Waals surface area contributed by atoms with E-state index in [0.717, 1.165) is 0 Å². The lowest BCUT2D eigenvalue weighted by Gasteiger charge is -2.02. The number of rotatable bonds is 4. The van der Waals surface area contributed by atoms with Crippen molar-refractivity contribution in [2.24, 2.45) is 0 Å². The summed E-state index contributed by atoms with van der Waals surface area (Å²) in [6.07, 6.45) is 0. The maximum atomic E-state index is 13.1. The molecule has 14 heavy (non-hydrogen) atoms. The zero-order chi connectivity index (χ0) is 10.6. The molecule has 0 atom stereocenters. The van der Waals surface area contributed by atoms with Gasteiger partial charge in [-0.3, -0.25) is 4.79 Å². The van der Waals surface area contributed by atoms with Gasteiger partial charge in [0.1, 0.15) is 12.4 Å². The lowest BCUT2D eigenvalue weighted by molar-refractivity contribution is 0.0783. The lowest BCUT2D eigenvalue weighted by atomic mass is 10.1. The fourth-order valence-electron chi connectivity index (χ4n) is 1.04. The molecule has 0 aliphatic rings. The van der Waals surface area contributed by atoms with Crippen molar-refractivity contribution in [2.45, 2.75) is 13.8 Å². The van der Waals surface area contributed by atoms with Gasteiger partial charge in [-0.2, -0.15) is 0 Å². The number of benzene rings is 1. The second-order valence-corrected chi connectivity index (χ2v) is 3.02. The van der Waals surface area contributed by atoms with E-state index < -0.39 is 0 Å².